The van der Waals surface area contributed by atoms with Gasteiger partial charge in [-0.05, 0) is 31.1 Å². The maximum absolute atomic E-state index is 11.1. The number of carboxylic acid groups (broad SMARTS) is 1. The van der Waals surface area contributed by atoms with Crippen LogP contribution in [0.1, 0.15) is 52.4 Å². The Balaban J connectivity index is 2.49. The van der Waals surface area contributed by atoms with Gasteiger partial charge in [0.2, 0.25) is 0 Å². The molecule has 82 valence electrons. The Hall–Kier alpha value is -0.530. The predicted octanol–water partition coefficient (Wildman–Crippen LogP) is 3.31. The van der Waals surface area contributed by atoms with Crippen LogP contribution in [0.5, 0.6) is 0 Å². The highest BCUT2D eigenvalue weighted by molar-refractivity contribution is 5.70. The molecule has 1 saturated carbocycles. The maximum atomic E-state index is 11.1. The zero-order valence-electron chi connectivity index (χ0n) is 9.33. The molecule has 0 amide bonds. The Morgan fingerprint density at radius 1 is 1.43 bits per heavy atom. The van der Waals surface area contributed by atoms with Crippen LogP contribution in [0.25, 0.3) is 0 Å². The molecule has 0 bridgehead atoms. The predicted molar refractivity (Wildman–Crippen MR) is 57.2 cm³/mol. The number of carbonyl (C=O) groups is 1. The van der Waals surface area contributed by atoms with Crippen molar-refractivity contribution in [2.24, 2.45) is 17.8 Å². The van der Waals surface area contributed by atoms with Gasteiger partial charge in [-0.1, -0.05) is 33.1 Å². The molecule has 0 saturated heterocycles. The summed E-state index contributed by atoms with van der Waals surface area (Å²) in [6, 6.07) is 0. The Morgan fingerprint density at radius 3 is 2.43 bits per heavy atom. The number of hydrogen-bond acceptors (Lipinski definition) is 1. The highest BCUT2D eigenvalue weighted by Crippen LogP contribution is 2.35. The smallest absolute Gasteiger partial charge is 0.306 e. The molecule has 1 aliphatic rings. The second-order valence-corrected chi connectivity index (χ2v) is 4.74. The van der Waals surface area contributed by atoms with Crippen LogP contribution in [0.3, 0.4) is 0 Å². The van der Waals surface area contributed by atoms with Crippen LogP contribution in [0.15, 0.2) is 0 Å². The molecule has 0 aliphatic heterocycles. The van der Waals surface area contributed by atoms with Crippen LogP contribution < -0.4 is 0 Å². The van der Waals surface area contributed by atoms with Gasteiger partial charge in [0.15, 0.2) is 0 Å². The van der Waals surface area contributed by atoms with Gasteiger partial charge in [0, 0.05) is 0 Å². The van der Waals surface area contributed by atoms with Gasteiger partial charge in [-0.25, -0.2) is 0 Å². The summed E-state index contributed by atoms with van der Waals surface area (Å²) < 4.78 is 0. The van der Waals surface area contributed by atoms with Crippen molar-refractivity contribution < 1.29 is 9.90 Å². The summed E-state index contributed by atoms with van der Waals surface area (Å²) in [6.07, 6.45) is 6.69. The Bertz CT molecular complexity index is 183. The average Bonchev–Trinajstić information content (AvgIpc) is 2.65. The normalized spacial score (nSPS) is 22.1. The highest BCUT2D eigenvalue weighted by atomic mass is 16.4. The first-order chi connectivity index (χ1) is 6.65. The Labute approximate surface area is 86.7 Å². The molecule has 0 aromatic carbocycles. The van der Waals surface area contributed by atoms with E-state index in [2.05, 4.69) is 13.8 Å². The number of carboxylic acids is 1. The molecule has 1 rings (SSSR count). The quantitative estimate of drug-likeness (QED) is 0.735. The third-order valence-electron chi connectivity index (χ3n) is 3.64. The Kier molecular flexibility index (Phi) is 4.43. The van der Waals surface area contributed by atoms with E-state index < -0.39 is 5.97 Å². The highest BCUT2D eigenvalue weighted by Gasteiger charge is 2.31. The van der Waals surface area contributed by atoms with E-state index in [1.54, 1.807) is 0 Å². The molecule has 14 heavy (non-hydrogen) atoms. The average molecular weight is 198 g/mol. The maximum Gasteiger partial charge on any atom is 0.306 e. The molecule has 0 heterocycles. The summed E-state index contributed by atoms with van der Waals surface area (Å²) in [6.45, 7) is 4.29. The molecule has 1 aliphatic carbocycles. The summed E-state index contributed by atoms with van der Waals surface area (Å²) in [7, 11) is 0. The largest absolute Gasteiger partial charge is 0.481 e. The summed E-state index contributed by atoms with van der Waals surface area (Å²) in [5.74, 6) is 0.364. The van der Waals surface area contributed by atoms with Crippen molar-refractivity contribution in [1.29, 1.82) is 0 Å². The van der Waals surface area contributed by atoms with E-state index in [9.17, 15) is 9.90 Å². The van der Waals surface area contributed by atoms with E-state index in [1.807, 2.05) is 0 Å². The summed E-state index contributed by atoms with van der Waals surface area (Å²) >= 11 is 0. The minimum Gasteiger partial charge on any atom is -0.481 e. The molecule has 2 unspecified atom stereocenters. The van der Waals surface area contributed by atoms with Crippen LogP contribution in [0.4, 0.5) is 0 Å². The van der Waals surface area contributed by atoms with Crippen LogP contribution >= 0.6 is 0 Å². The third kappa shape index (κ3) is 3.00. The second kappa shape index (κ2) is 5.38. The lowest BCUT2D eigenvalue weighted by molar-refractivity contribution is -0.144. The molecule has 1 N–H and O–H groups in total. The first-order valence-corrected chi connectivity index (χ1v) is 5.88. The molecule has 0 aromatic rings. The lowest BCUT2D eigenvalue weighted by Crippen LogP contribution is -2.23. The number of aliphatic carboxylic acids is 1. The van der Waals surface area contributed by atoms with Gasteiger partial charge in [0.25, 0.3) is 0 Å². The van der Waals surface area contributed by atoms with E-state index in [0.717, 1.165) is 25.7 Å². The first kappa shape index (κ1) is 11.5. The SMILES string of the molecule is CCC(C)CC(C(=O)O)C1CCCC1. The van der Waals surface area contributed by atoms with Gasteiger partial charge in [-0.15, -0.1) is 0 Å². The minimum atomic E-state index is -0.572. The van der Waals surface area contributed by atoms with Crippen molar-refractivity contribution in [3.05, 3.63) is 0 Å². The molecule has 1 fully saturated rings. The van der Waals surface area contributed by atoms with Crippen LogP contribution in [0, 0.1) is 17.8 Å². The van der Waals surface area contributed by atoms with E-state index >= 15 is 0 Å². The molecule has 0 radical (unpaired) electrons. The fourth-order valence-electron chi connectivity index (χ4n) is 2.45. The van der Waals surface area contributed by atoms with Crippen LogP contribution in [-0.2, 0) is 4.79 Å². The van der Waals surface area contributed by atoms with Gasteiger partial charge in [0.05, 0.1) is 5.92 Å². The molecule has 2 heteroatoms. The lowest BCUT2D eigenvalue weighted by atomic mass is 9.83. The van der Waals surface area contributed by atoms with Gasteiger partial charge in [0.1, 0.15) is 0 Å². The number of rotatable bonds is 5. The van der Waals surface area contributed by atoms with Crippen molar-refractivity contribution in [3.63, 3.8) is 0 Å². The van der Waals surface area contributed by atoms with Crippen molar-refractivity contribution in [3.8, 4) is 0 Å². The first-order valence-electron chi connectivity index (χ1n) is 5.88. The topological polar surface area (TPSA) is 37.3 Å². The lowest BCUT2D eigenvalue weighted by Gasteiger charge is -2.21. The molecular weight excluding hydrogens is 176 g/mol. The Morgan fingerprint density at radius 2 is 2.00 bits per heavy atom. The molecule has 0 spiro atoms. The van der Waals surface area contributed by atoms with E-state index in [1.165, 1.54) is 12.8 Å². The zero-order chi connectivity index (χ0) is 10.6. The molecule has 2 atom stereocenters. The molecule has 0 aromatic heterocycles. The standard InChI is InChI=1S/C12H22O2/c1-3-9(2)8-11(12(13)14)10-6-4-5-7-10/h9-11H,3-8H2,1-2H3,(H,13,14). The fraction of sp³-hybridized carbons (Fsp3) is 0.917. The van der Waals surface area contributed by atoms with Crippen LogP contribution in [0.2, 0.25) is 0 Å². The van der Waals surface area contributed by atoms with Crippen LogP contribution in [-0.4, -0.2) is 11.1 Å². The molecular formula is C12H22O2. The van der Waals surface area contributed by atoms with Gasteiger partial charge >= 0.3 is 5.97 Å². The molecule has 2 nitrogen and oxygen atoms in total. The van der Waals surface area contributed by atoms with Gasteiger partial charge < -0.3 is 5.11 Å². The van der Waals surface area contributed by atoms with E-state index in [4.69, 9.17) is 0 Å². The van der Waals surface area contributed by atoms with Crippen molar-refractivity contribution in [2.75, 3.05) is 0 Å². The van der Waals surface area contributed by atoms with Gasteiger partial charge in [-0.2, -0.15) is 0 Å². The zero-order valence-corrected chi connectivity index (χ0v) is 9.33. The summed E-state index contributed by atoms with van der Waals surface area (Å²) in [4.78, 5) is 11.1. The van der Waals surface area contributed by atoms with Crippen molar-refractivity contribution >= 4 is 5.97 Å². The van der Waals surface area contributed by atoms with Crippen molar-refractivity contribution in [2.45, 2.75) is 52.4 Å². The minimum absolute atomic E-state index is 0.0764. The van der Waals surface area contributed by atoms with Crippen molar-refractivity contribution in [1.82, 2.24) is 0 Å². The summed E-state index contributed by atoms with van der Waals surface area (Å²) in [5, 5.41) is 9.18. The summed E-state index contributed by atoms with van der Waals surface area (Å²) in [5.41, 5.74) is 0. The fourth-order valence-corrected chi connectivity index (χ4v) is 2.45. The number of hydrogen-bond donors (Lipinski definition) is 1. The van der Waals surface area contributed by atoms with Gasteiger partial charge in [-0.3, -0.25) is 4.79 Å². The monoisotopic (exact) mass is 198 g/mol. The second-order valence-electron chi connectivity index (χ2n) is 4.74. The van der Waals surface area contributed by atoms with E-state index in [-0.39, 0.29) is 5.92 Å². The third-order valence-corrected chi connectivity index (χ3v) is 3.64. The van der Waals surface area contributed by atoms with E-state index in [0.29, 0.717) is 11.8 Å².